The molecule has 0 radical (unpaired) electrons. The van der Waals surface area contributed by atoms with Gasteiger partial charge in [0.15, 0.2) is 0 Å². The second-order valence-corrected chi connectivity index (χ2v) is 8.29. The van der Waals surface area contributed by atoms with Crippen LogP contribution in [0.5, 0.6) is 0 Å². The Morgan fingerprint density at radius 1 is 1.33 bits per heavy atom. The molecule has 0 atom stereocenters. The predicted octanol–water partition coefficient (Wildman–Crippen LogP) is 5.60. The van der Waals surface area contributed by atoms with Crippen LogP contribution >= 0.6 is 39.3 Å². The zero-order valence-electron chi connectivity index (χ0n) is 12.2. The van der Waals surface area contributed by atoms with Crippen molar-refractivity contribution in [3.63, 3.8) is 0 Å². The van der Waals surface area contributed by atoms with Crippen LogP contribution in [-0.2, 0) is 12.4 Å². The van der Waals surface area contributed by atoms with E-state index in [1.807, 2.05) is 11.8 Å². The SMILES string of the molecule is CSC1(Cn2c(CCl)nc3cc(Br)ccc32)CCCCC1. The molecule has 0 saturated heterocycles. The number of hydrogen-bond acceptors (Lipinski definition) is 2. The lowest BCUT2D eigenvalue weighted by atomic mass is 9.88. The molecule has 1 aliphatic rings. The normalized spacial score (nSPS) is 18.2. The maximum absolute atomic E-state index is 6.15. The second kappa shape index (κ2) is 6.51. The van der Waals surface area contributed by atoms with Crippen LogP contribution in [0.15, 0.2) is 22.7 Å². The summed E-state index contributed by atoms with van der Waals surface area (Å²) in [4.78, 5) is 4.71. The Kier molecular flexibility index (Phi) is 4.87. The van der Waals surface area contributed by atoms with Gasteiger partial charge in [-0.3, -0.25) is 0 Å². The van der Waals surface area contributed by atoms with E-state index in [2.05, 4.69) is 45.0 Å². The quantitative estimate of drug-likeness (QED) is 0.635. The first kappa shape index (κ1) is 15.7. The van der Waals surface area contributed by atoms with Crippen molar-refractivity contribution < 1.29 is 0 Å². The van der Waals surface area contributed by atoms with Crippen LogP contribution in [0.1, 0.15) is 37.9 Å². The van der Waals surface area contributed by atoms with Crippen LogP contribution in [0.4, 0.5) is 0 Å². The molecule has 0 bridgehead atoms. The van der Waals surface area contributed by atoms with Gasteiger partial charge in [0.1, 0.15) is 5.82 Å². The molecule has 1 aliphatic carbocycles. The Balaban J connectivity index is 2.02. The summed E-state index contributed by atoms with van der Waals surface area (Å²) in [6.45, 7) is 1.02. The predicted molar refractivity (Wildman–Crippen MR) is 96.3 cm³/mol. The van der Waals surface area contributed by atoms with Crippen LogP contribution in [0.25, 0.3) is 11.0 Å². The summed E-state index contributed by atoms with van der Waals surface area (Å²) in [7, 11) is 0. The first-order chi connectivity index (χ1) is 10.2. The van der Waals surface area contributed by atoms with E-state index in [1.54, 1.807) is 0 Å². The number of halogens is 2. The highest BCUT2D eigenvalue weighted by Gasteiger charge is 2.32. The summed E-state index contributed by atoms with van der Waals surface area (Å²) < 4.78 is 3.76. The van der Waals surface area contributed by atoms with E-state index in [0.29, 0.717) is 10.6 Å². The number of fused-ring (bicyclic) bond motifs is 1. The van der Waals surface area contributed by atoms with Crippen molar-refractivity contribution in [1.29, 1.82) is 0 Å². The van der Waals surface area contributed by atoms with Gasteiger partial charge in [-0.15, -0.1) is 11.6 Å². The first-order valence-electron chi connectivity index (χ1n) is 7.43. The number of imidazole rings is 1. The van der Waals surface area contributed by atoms with Gasteiger partial charge in [0.2, 0.25) is 0 Å². The molecule has 3 rings (SSSR count). The van der Waals surface area contributed by atoms with E-state index in [-0.39, 0.29) is 0 Å². The molecule has 21 heavy (non-hydrogen) atoms. The number of benzene rings is 1. The molecule has 1 saturated carbocycles. The molecule has 1 aromatic carbocycles. The van der Waals surface area contributed by atoms with Crippen LogP contribution in [-0.4, -0.2) is 20.6 Å². The fraction of sp³-hybridized carbons (Fsp3) is 0.562. The van der Waals surface area contributed by atoms with Gasteiger partial charge in [-0.2, -0.15) is 11.8 Å². The van der Waals surface area contributed by atoms with Gasteiger partial charge >= 0.3 is 0 Å². The van der Waals surface area contributed by atoms with Crippen molar-refractivity contribution in [3.8, 4) is 0 Å². The molecule has 0 unspecified atom stereocenters. The topological polar surface area (TPSA) is 17.8 Å². The third-order valence-corrected chi connectivity index (χ3v) is 6.69. The number of hydrogen-bond donors (Lipinski definition) is 0. The van der Waals surface area contributed by atoms with E-state index in [0.717, 1.165) is 22.4 Å². The second-order valence-electron chi connectivity index (χ2n) is 5.83. The van der Waals surface area contributed by atoms with Crippen molar-refractivity contribution in [2.24, 2.45) is 0 Å². The van der Waals surface area contributed by atoms with Crippen LogP contribution in [0.3, 0.4) is 0 Å². The molecular formula is C16H20BrClN2S. The third-order valence-electron chi connectivity index (χ3n) is 4.55. The molecule has 1 fully saturated rings. The van der Waals surface area contributed by atoms with Gasteiger partial charge < -0.3 is 4.57 Å². The summed E-state index contributed by atoms with van der Waals surface area (Å²) in [6, 6.07) is 6.32. The average molecular weight is 388 g/mol. The molecule has 0 N–H and O–H groups in total. The van der Waals surface area contributed by atoms with Crippen molar-refractivity contribution in [2.75, 3.05) is 6.26 Å². The largest absolute Gasteiger partial charge is 0.326 e. The zero-order chi connectivity index (χ0) is 14.9. The maximum atomic E-state index is 6.15. The lowest BCUT2D eigenvalue weighted by molar-refractivity contribution is 0.359. The number of alkyl halides is 1. The van der Waals surface area contributed by atoms with E-state index >= 15 is 0 Å². The van der Waals surface area contributed by atoms with Crippen molar-refractivity contribution in [1.82, 2.24) is 9.55 Å². The van der Waals surface area contributed by atoms with Crippen LogP contribution < -0.4 is 0 Å². The maximum Gasteiger partial charge on any atom is 0.124 e. The van der Waals surface area contributed by atoms with Gasteiger partial charge in [-0.25, -0.2) is 4.98 Å². The summed E-state index contributed by atoms with van der Waals surface area (Å²) in [5.41, 5.74) is 2.24. The van der Waals surface area contributed by atoms with Crippen LogP contribution in [0, 0.1) is 0 Å². The van der Waals surface area contributed by atoms with Crippen LogP contribution in [0.2, 0.25) is 0 Å². The highest BCUT2D eigenvalue weighted by atomic mass is 79.9. The molecule has 114 valence electrons. The monoisotopic (exact) mass is 386 g/mol. The van der Waals surface area contributed by atoms with E-state index in [1.165, 1.54) is 37.6 Å². The zero-order valence-corrected chi connectivity index (χ0v) is 15.4. The fourth-order valence-electron chi connectivity index (χ4n) is 3.34. The molecule has 0 spiro atoms. The lowest BCUT2D eigenvalue weighted by Crippen LogP contribution is -2.33. The van der Waals surface area contributed by atoms with Gasteiger partial charge in [0.05, 0.1) is 16.9 Å². The van der Waals surface area contributed by atoms with Gasteiger partial charge in [-0.05, 0) is 37.3 Å². The molecular weight excluding hydrogens is 368 g/mol. The molecule has 1 aromatic heterocycles. The van der Waals surface area contributed by atoms with E-state index in [9.17, 15) is 0 Å². The Bertz CT molecular complexity index is 634. The summed E-state index contributed by atoms with van der Waals surface area (Å²) >= 11 is 11.7. The summed E-state index contributed by atoms with van der Waals surface area (Å²) in [6.07, 6.45) is 8.91. The molecule has 2 aromatic rings. The van der Waals surface area contributed by atoms with Gasteiger partial charge in [-0.1, -0.05) is 35.2 Å². The minimum Gasteiger partial charge on any atom is -0.326 e. The third kappa shape index (κ3) is 3.13. The average Bonchev–Trinajstić information content (AvgIpc) is 2.85. The number of thioether (sulfide) groups is 1. The highest BCUT2D eigenvalue weighted by molar-refractivity contribution is 9.10. The molecule has 0 aliphatic heterocycles. The fourth-order valence-corrected chi connectivity index (χ4v) is 4.85. The van der Waals surface area contributed by atoms with Crippen molar-refractivity contribution >= 4 is 50.3 Å². The summed E-state index contributed by atoms with van der Waals surface area (Å²) in [5, 5.41) is 0. The Morgan fingerprint density at radius 2 is 2.10 bits per heavy atom. The van der Waals surface area contributed by atoms with Crippen molar-refractivity contribution in [2.45, 2.75) is 49.3 Å². The minimum absolute atomic E-state index is 0.347. The lowest BCUT2D eigenvalue weighted by Gasteiger charge is -2.36. The Labute approximate surface area is 143 Å². The molecule has 1 heterocycles. The van der Waals surface area contributed by atoms with E-state index < -0.39 is 0 Å². The number of aromatic nitrogens is 2. The van der Waals surface area contributed by atoms with Gasteiger partial charge in [0, 0.05) is 15.8 Å². The van der Waals surface area contributed by atoms with E-state index in [4.69, 9.17) is 16.6 Å². The Morgan fingerprint density at radius 3 is 2.76 bits per heavy atom. The van der Waals surface area contributed by atoms with Crippen molar-refractivity contribution in [3.05, 3.63) is 28.5 Å². The number of nitrogens with zero attached hydrogens (tertiary/aromatic N) is 2. The first-order valence-corrected chi connectivity index (χ1v) is 9.98. The minimum atomic E-state index is 0.347. The highest BCUT2D eigenvalue weighted by Crippen LogP contribution is 2.41. The summed E-state index contributed by atoms with van der Waals surface area (Å²) in [5.74, 6) is 1.46. The Hall–Kier alpha value is -0.190. The smallest absolute Gasteiger partial charge is 0.124 e. The number of rotatable bonds is 4. The molecule has 5 heteroatoms. The molecule has 0 amide bonds. The standard InChI is InChI=1S/C16H20BrClN2S/c1-21-16(7-3-2-4-8-16)11-20-14-6-5-12(17)9-13(14)19-15(20)10-18/h5-6,9H,2-4,7-8,10-11H2,1H3. The van der Waals surface area contributed by atoms with Gasteiger partial charge in [0.25, 0.3) is 0 Å². The molecule has 2 nitrogen and oxygen atoms in total.